The average molecular weight is 291 g/mol. The summed E-state index contributed by atoms with van der Waals surface area (Å²) in [5.74, 6) is -1.95. The average Bonchev–Trinajstić information content (AvgIpc) is 2.58. The van der Waals surface area contributed by atoms with E-state index < -0.39 is 49.1 Å². The number of halogens is 6. The summed E-state index contributed by atoms with van der Waals surface area (Å²) in [7, 11) is 0. The molecule has 0 fully saturated rings. The Morgan fingerprint density at radius 2 is 1.79 bits per heavy atom. The van der Waals surface area contributed by atoms with Gasteiger partial charge in [-0.1, -0.05) is 5.21 Å². The number of hydrogen-bond donors (Lipinski definition) is 1. The van der Waals surface area contributed by atoms with E-state index in [-0.39, 0.29) is 4.68 Å². The number of nitrogens with zero attached hydrogens (tertiary/aromatic N) is 3. The molecule has 108 valence electrons. The Balaban J connectivity index is 2.93. The van der Waals surface area contributed by atoms with Crippen LogP contribution < -0.4 is 0 Å². The van der Waals surface area contributed by atoms with Crippen molar-refractivity contribution >= 4 is 5.97 Å². The van der Waals surface area contributed by atoms with Gasteiger partial charge in [-0.3, -0.25) is 0 Å². The van der Waals surface area contributed by atoms with Crippen molar-refractivity contribution in [1.82, 2.24) is 15.0 Å². The number of aryl methyl sites for hydroxylation is 1. The second kappa shape index (κ2) is 5.05. The highest BCUT2D eigenvalue weighted by molar-refractivity contribution is 5.86. The highest BCUT2D eigenvalue weighted by Gasteiger charge is 2.41. The van der Waals surface area contributed by atoms with Crippen LogP contribution in [-0.2, 0) is 12.7 Å². The van der Waals surface area contributed by atoms with Gasteiger partial charge in [-0.2, -0.15) is 26.3 Å². The van der Waals surface area contributed by atoms with E-state index in [1.165, 1.54) is 0 Å². The second-order valence-corrected chi connectivity index (χ2v) is 3.53. The van der Waals surface area contributed by atoms with E-state index in [1.54, 1.807) is 0 Å². The molecular formula is C8H7F6N3O2. The zero-order chi connectivity index (χ0) is 14.8. The Morgan fingerprint density at radius 1 is 1.21 bits per heavy atom. The highest BCUT2D eigenvalue weighted by Crippen LogP contribution is 2.31. The zero-order valence-corrected chi connectivity index (χ0v) is 9.09. The molecule has 5 nitrogen and oxygen atoms in total. The molecule has 0 amide bonds. The van der Waals surface area contributed by atoms with Crippen LogP contribution in [-0.4, -0.2) is 32.2 Å². The van der Waals surface area contributed by atoms with Gasteiger partial charge < -0.3 is 5.11 Å². The molecule has 0 aliphatic carbocycles. The first-order valence-electron chi connectivity index (χ1n) is 4.83. The fraction of sp³-hybridized carbons (Fsp3) is 0.625. The Hall–Kier alpha value is -1.81. The van der Waals surface area contributed by atoms with Crippen molar-refractivity contribution < 1.29 is 36.2 Å². The summed E-state index contributed by atoms with van der Waals surface area (Å²) >= 11 is 0. The minimum absolute atomic E-state index is 0.120. The highest BCUT2D eigenvalue weighted by atomic mass is 19.4. The van der Waals surface area contributed by atoms with Crippen LogP contribution >= 0.6 is 0 Å². The summed E-state index contributed by atoms with van der Waals surface area (Å²) in [6.45, 7) is -0.728. The molecule has 0 saturated heterocycles. The number of aromatic carboxylic acids is 1. The molecule has 1 rings (SSSR count). The van der Waals surface area contributed by atoms with Crippen LogP contribution in [0.5, 0.6) is 0 Å². The first kappa shape index (κ1) is 15.2. The van der Waals surface area contributed by atoms with Crippen LogP contribution in [0.2, 0.25) is 0 Å². The molecule has 0 aliphatic heterocycles. The van der Waals surface area contributed by atoms with Gasteiger partial charge in [-0.15, -0.1) is 5.10 Å². The van der Waals surface area contributed by atoms with E-state index in [4.69, 9.17) is 5.11 Å². The number of hydrogen-bond acceptors (Lipinski definition) is 3. The minimum Gasteiger partial charge on any atom is -0.476 e. The lowest BCUT2D eigenvalue weighted by molar-refractivity contribution is -0.145. The molecular weight excluding hydrogens is 284 g/mol. The third-order valence-corrected chi connectivity index (χ3v) is 2.04. The molecule has 11 heteroatoms. The van der Waals surface area contributed by atoms with Crippen molar-refractivity contribution in [2.24, 2.45) is 0 Å². The topological polar surface area (TPSA) is 68.0 Å². The van der Waals surface area contributed by atoms with Crippen molar-refractivity contribution in [2.45, 2.75) is 31.7 Å². The molecule has 0 bridgehead atoms. The minimum atomic E-state index is -5.06. The lowest BCUT2D eigenvalue weighted by Gasteiger charge is -2.10. The molecule has 0 aliphatic rings. The normalized spacial score (nSPS) is 12.7. The van der Waals surface area contributed by atoms with Gasteiger partial charge in [-0.25, -0.2) is 9.48 Å². The molecule has 1 N–H and O–H groups in total. The standard InChI is InChI=1S/C8H7F6N3O2/c9-7(10,11)2-1-3-17-5(8(12,13)14)4(6(18)19)15-16-17/h1-3H2,(H,18,19). The van der Waals surface area contributed by atoms with Crippen molar-refractivity contribution in [3.8, 4) is 0 Å². The SMILES string of the molecule is O=C(O)c1nnn(CCCC(F)(F)F)c1C(F)(F)F. The van der Waals surface area contributed by atoms with Gasteiger partial charge in [0.25, 0.3) is 0 Å². The monoisotopic (exact) mass is 291 g/mol. The third-order valence-electron chi connectivity index (χ3n) is 2.04. The molecule has 0 aromatic carbocycles. The van der Waals surface area contributed by atoms with Crippen LogP contribution in [0.15, 0.2) is 0 Å². The molecule has 19 heavy (non-hydrogen) atoms. The molecule has 1 aromatic rings. The lowest BCUT2D eigenvalue weighted by atomic mass is 10.2. The van der Waals surface area contributed by atoms with E-state index in [1.807, 2.05) is 0 Å². The smallest absolute Gasteiger partial charge is 0.435 e. The van der Waals surface area contributed by atoms with Crippen LogP contribution in [0.4, 0.5) is 26.3 Å². The Bertz CT molecular complexity index is 464. The number of carboxylic acids is 1. The van der Waals surface area contributed by atoms with Gasteiger partial charge in [0.1, 0.15) is 0 Å². The van der Waals surface area contributed by atoms with Gasteiger partial charge in [0.2, 0.25) is 5.69 Å². The predicted octanol–water partition coefficient (Wildman–Crippen LogP) is 2.34. The van der Waals surface area contributed by atoms with E-state index in [2.05, 4.69) is 10.3 Å². The maximum Gasteiger partial charge on any atom is 0.435 e. The zero-order valence-electron chi connectivity index (χ0n) is 9.09. The second-order valence-electron chi connectivity index (χ2n) is 3.53. The number of aromatic nitrogens is 3. The lowest BCUT2D eigenvalue weighted by Crippen LogP contribution is -2.19. The number of alkyl halides is 6. The first-order chi connectivity index (χ1) is 8.52. The van der Waals surface area contributed by atoms with Gasteiger partial charge in [0, 0.05) is 13.0 Å². The van der Waals surface area contributed by atoms with E-state index in [9.17, 15) is 31.1 Å². The first-order valence-corrected chi connectivity index (χ1v) is 4.83. The molecule has 0 radical (unpaired) electrons. The Labute approximate surface area is 101 Å². The summed E-state index contributed by atoms with van der Waals surface area (Å²) in [6, 6.07) is 0. The van der Waals surface area contributed by atoms with Crippen molar-refractivity contribution in [1.29, 1.82) is 0 Å². The summed E-state index contributed by atoms with van der Waals surface area (Å²) < 4.78 is 73.4. The van der Waals surface area contributed by atoms with E-state index >= 15 is 0 Å². The predicted molar refractivity (Wildman–Crippen MR) is 47.3 cm³/mol. The van der Waals surface area contributed by atoms with Gasteiger partial charge in [0.05, 0.1) is 0 Å². The van der Waals surface area contributed by atoms with Crippen LogP contribution in [0.1, 0.15) is 29.0 Å². The molecule has 1 aromatic heterocycles. The van der Waals surface area contributed by atoms with Gasteiger partial charge >= 0.3 is 18.3 Å². The van der Waals surface area contributed by atoms with Crippen molar-refractivity contribution in [3.63, 3.8) is 0 Å². The van der Waals surface area contributed by atoms with Gasteiger partial charge in [0.15, 0.2) is 5.69 Å². The van der Waals surface area contributed by atoms with E-state index in [0.717, 1.165) is 0 Å². The van der Waals surface area contributed by atoms with Crippen LogP contribution in [0.3, 0.4) is 0 Å². The van der Waals surface area contributed by atoms with Crippen LogP contribution in [0.25, 0.3) is 0 Å². The van der Waals surface area contributed by atoms with Crippen molar-refractivity contribution in [3.05, 3.63) is 11.4 Å². The Kier molecular flexibility index (Phi) is 4.06. The molecule has 0 unspecified atom stereocenters. The van der Waals surface area contributed by atoms with Crippen molar-refractivity contribution in [2.75, 3.05) is 0 Å². The summed E-state index contributed by atoms with van der Waals surface area (Å²) in [5.41, 5.74) is -3.00. The molecule has 0 saturated carbocycles. The summed E-state index contributed by atoms with van der Waals surface area (Å²) in [5, 5.41) is 14.2. The molecule has 0 atom stereocenters. The van der Waals surface area contributed by atoms with Gasteiger partial charge in [-0.05, 0) is 6.42 Å². The Morgan fingerprint density at radius 3 is 2.21 bits per heavy atom. The third kappa shape index (κ3) is 4.10. The number of rotatable bonds is 4. The number of carbonyl (C=O) groups is 1. The largest absolute Gasteiger partial charge is 0.476 e. The fourth-order valence-electron chi connectivity index (χ4n) is 1.32. The maximum absolute atomic E-state index is 12.6. The molecule has 1 heterocycles. The summed E-state index contributed by atoms with van der Waals surface area (Å²) in [4.78, 5) is 10.5. The van der Waals surface area contributed by atoms with E-state index in [0.29, 0.717) is 0 Å². The van der Waals surface area contributed by atoms with Crippen LogP contribution in [0, 0.1) is 0 Å². The molecule has 0 spiro atoms. The quantitative estimate of drug-likeness (QED) is 0.864. The maximum atomic E-state index is 12.6. The fourth-order valence-corrected chi connectivity index (χ4v) is 1.32. The number of carboxylic acid groups (broad SMARTS) is 1. The summed E-state index contributed by atoms with van der Waals surface area (Å²) in [6.07, 6.45) is -11.5.